The molecule has 0 bridgehead atoms. The third-order valence-electron chi connectivity index (χ3n) is 1.68. The topological polar surface area (TPSA) is 83.8 Å². The Morgan fingerprint density at radius 3 is 2.79 bits per heavy atom. The Morgan fingerprint density at radius 1 is 1.57 bits per heavy atom. The van der Waals surface area contributed by atoms with Crippen molar-refractivity contribution in [3.8, 4) is 0 Å². The Hall–Kier alpha value is -1.52. The van der Waals surface area contributed by atoms with Gasteiger partial charge in [0.2, 0.25) is 0 Å². The van der Waals surface area contributed by atoms with Gasteiger partial charge < -0.3 is 16.0 Å². The van der Waals surface area contributed by atoms with Gasteiger partial charge in [-0.25, -0.2) is 4.98 Å². The Morgan fingerprint density at radius 2 is 2.21 bits per heavy atom. The predicted octanol–water partition coefficient (Wildman–Crippen LogP) is 0.810. The molecule has 0 saturated carbocycles. The summed E-state index contributed by atoms with van der Waals surface area (Å²) in [6.45, 7) is 6.98. The number of nitrogen functional groups attached to an aromatic ring is 1. The third kappa shape index (κ3) is 2.76. The fraction of sp³-hybridized carbons (Fsp3) is 0.556. The summed E-state index contributed by atoms with van der Waals surface area (Å²) in [6, 6.07) is 0. The number of H-pyrrole nitrogens is 1. The van der Waals surface area contributed by atoms with E-state index in [0.29, 0.717) is 12.4 Å². The number of rotatable bonds is 2. The van der Waals surface area contributed by atoms with Gasteiger partial charge in [0.05, 0.1) is 6.33 Å². The lowest BCUT2D eigenvalue weighted by atomic mass is 9.97. The van der Waals surface area contributed by atoms with Crippen molar-refractivity contribution >= 4 is 11.5 Å². The van der Waals surface area contributed by atoms with E-state index in [1.165, 1.54) is 6.33 Å². The second-order valence-corrected chi connectivity index (χ2v) is 4.41. The van der Waals surface area contributed by atoms with Gasteiger partial charge in [-0.2, -0.15) is 0 Å². The Labute approximate surface area is 82.7 Å². The number of anilines is 2. The van der Waals surface area contributed by atoms with Crippen LogP contribution in [-0.4, -0.2) is 16.5 Å². The molecule has 1 aromatic rings. The molecular weight excluding hydrogens is 180 g/mol. The number of nitrogens with one attached hydrogen (secondary N) is 2. The van der Waals surface area contributed by atoms with Crippen molar-refractivity contribution in [3.63, 3.8) is 0 Å². The highest BCUT2D eigenvalue weighted by atomic mass is 16.1. The van der Waals surface area contributed by atoms with E-state index < -0.39 is 0 Å². The summed E-state index contributed by atoms with van der Waals surface area (Å²) in [5.41, 5.74) is 5.49. The minimum atomic E-state index is -0.309. The molecule has 5 heteroatoms. The molecular formula is C9H16N4O. The summed E-state index contributed by atoms with van der Waals surface area (Å²) in [5.74, 6) is 0.448. The van der Waals surface area contributed by atoms with Gasteiger partial charge in [-0.15, -0.1) is 0 Å². The Balaban J connectivity index is 2.78. The van der Waals surface area contributed by atoms with Gasteiger partial charge in [0.25, 0.3) is 5.56 Å². The Kier molecular flexibility index (Phi) is 2.78. The van der Waals surface area contributed by atoms with Crippen LogP contribution >= 0.6 is 0 Å². The molecule has 0 aliphatic rings. The first-order valence-corrected chi connectivity index (χ1v) is 4.47. The second-order valence-electron chi connectivity index (χ2n) is 4.41. The van der Waals surface area contributed by atoms with Crippen LogP contribution in [0, 0.1) is 5.41 Å². The lowest BCUT2D eigenvalue weighted by Crippen LogP contribution is -2.22. The molecule has 1 rings (SSSR count). The van der Waals surface area contributed by atoms with Crippen LogP contribution < -0.4 is 16.6 Å². The van der Waals surface area contributed by atoms with E-state index in [2.05, 4.69) is 36.1 Å². The van der Waals surface area contributed by atoms with Crippen LogP contribution in [0.5, 0.6) is 0 Å². The summed E-state index contributed by atoms with van der Waals surface area (Å²) in [4.78, 5) is 17.5. The van der Waals surface area contributed by atoms with Gasteiger partial charge >= 0.3 is 0 Å². The summed E-state index contributed by atoms with van der Waals surface area (Å²) in [7, 11) is 0. The molecule has 4 N–H and O–H groups in total. The molecule has 0 atom stereocenters. The molecule has 0 saturated heterocycles. The summed E-state index contributed by atoms with van der Waals surface area (Å²) >= 11 is 0. The Bertz CT molecular complexity index is 364. The van der Waals surface area contributed by atoms with Crippen LogP contribution in [-0.2, 0) is 0 Å². The molecule has 1 aromatic heterocycles. The number of hydrogen-bond donors (Lipinski definition) is 3. The molecule has 78 valence electrons. The van der Waals surface area contributed by atoms with E-state index in [-0.39, 0.29) is 16.7 Å². The van der Waals surface area contributed by atoms with Crippen LogP contribution in [0.3, 0.4) is 0 Å². The zero-order valence-electron chi connectivity index (χ0n) is 8.72. The maximum absolute atomic E-state index is 11.1. The van der Waals surface area contributed by atoms with Crippen LogP contribution in [0.4, 0.5) is 11.5 Å². The number of aromatic nitrogens is 2. The summed E-state index contributed by atoms with van der Waals surface area (Å²) in [6.07, 6.45) is 1.34. The van der Waals surface area contributed by atoms with Crippen molar-refractivity contribution in [1.29, 1.82) is 0 Å². The number of nitrogens with two attached hydrogens (primary N) is 1. The minimum Gasteiger partial charge on any atom is -0.391 e. The first-order chi connectivity index (χ1) is 6.40. The van der Waals surface area contributed by atoms with Crippen molar-refractivity contribution in [2.75, 3.05) is 17.6 Å². The molecule has 0 radical (unpaired) electrons. The molecule has 0 aliphatic carbocycles. The summed E-state index contributed by atoms with van der Waals surface area (Å²) in [5, 5.41) is 3.04. The van der Waals surface area contributed by atoms with Crippen molar-refractivity contribution in [2.45, 2.75) is 20.8 Å². The first-order valence-electron chi connectivity index (χ1n) is 4.47. The van der Waals surface area contributed by atoms with Crippen LogP contribution in [0.1, 0.15) is 20.8 Å². The monoisotopic (exact) mass is 196 g/mol. The summed E-state index contributed by atoms with van der Waals surface area (Å²) < 4.78 is 0. The molecule has 1 heterocycles. The van der Waals surface area contributed by atoms with Crippen LogP contribution in [0.25, 0.3) is 0 Å². The molecule has 0 unspecified atom stereocenters. The average Bonchev–Trinajstić information content (AvgIpc) is 2.06. The highest BCUT2D eigenvalue weighted by Crippen LogP contribution is 2.15. The molecule has 0 aromatic carbocycles. The molecule has 14 heavy (non-hydrogen) atoms. The van der Waals surface area contributed by atoms with Crippen LogP contribution in [0.2, 0.25) is 0 Å². The fourth-order valence-corrected chi connectivity index (χ4v) is 0.900. The highest BCUT2D eigenvalue weighted by Gasteiger charge is 2.11. The quantitative estimate of drug-likeness (QED) is 0.653. The molecule has 0 fully saturated rings. The van der Waals surface area contributed by atoms with Gasteiger partial charge in [-0.3, -0.25) is 4.79 Å². The van der Waals surface area contributed by atoms with Gasteiger partial charge in [0, 0.05) is 6.54 Å². The minimum absolute atomic E-state index is 0.122. The zero-order valence-corrected chi connectivity index (χ0v) is 8.72. The molecule has 0 amide bonds. The van der Waals surface area contributed by atoms with Crippen molar-refractivity contribution in [2.24, 2.45) is 5.41 Å². The van der Waals surface area contributed by atoms with E-state index in [0.717, 1.165) is 0 Å². The first kappa shape index (κ1) is 10.6. The van der Waals surface area contributed by atoms with Gasteiger partial charge in [0.15, 0.2) is 5.82 Å². The van der Waals surface area contributed by atoms with Crippen molar-refractivity contribution < 1.29 is 0 Å². The average molecular weight is 196 g/mol. The van der Waals surface area contributed by atoms with E-state index in [9.17, 15) is 4.79 Å². The van der Waals surface area contributed by atoms with E-state index in [1.807, 2.05) is 0 Å². The van der Waals surface area contributed by atoms with Crippen molar-refractivity contribution in [1.82, 2.24) is 9.97 Å². The lowest BCUT2D eigenvalue weighted by molar-refractivity contribution is 0.442. The van der Waals surface area contributed by atoms with Crippen molar-refractivity contribution in [3.05, 3.63) is 16.7 Å². The van der Waals surface area contributed by atoms with E-state index >= 15 is 0 Å². The lowest BCUT2D eigenvalue weighted by Gasteiger charge is -2.19. The SMILES string of the molecule is CC(C)(C)CNc1nc[nH]c(=O)c1N. The standard InChI is InChI=1S/C9H16N4O/c1-9(2,3)4-11-7-6(10)8(14)13-5-12-7/h5H,4,10H2,1-3H3,(H2,11,12,13,14). The predicted molar refractivity (Wildman–Crippen MR) is 57.2 cm³/mol. The fourth-order valence-electron chi connectivity index (χ4n) is 0.900. The normalized spacial score (nSPS) is 11.4. The number of aromatic amines is 1. The van der Waals surface area contributed by atoms with Gasteiger partial charge in [-0.1, -0.05) is 20.8 Å². The molecule has 0 spiro atoms. The number of nitrogens with zero attached hydrogens (tertiary/aromatic N) is 1. The molecule has 5 nitrogen and oxygen atoms in total. The molecule has 0 aliphatic heterocycles. The van der Waals surface area contributed by atoms with Gasteiger partial charge in [0.1, 0.15) is 5.69 Å². The van der Waals surface area contributed by atoms with Crippen LogP contribution in [0.15, 0.2) is 11.1 Å². The highest BCUT2D eigenvalue weighted by molar-refractivity contribution is 5.58. The third-order valence-corrected chi connectivity index (χ3v) is 1.68. The number of hydrogen-bond acceptors (Lipinski definition) is 4. The zero-order chi connectivity index (χ0) is 10.8. The maximum Gasteiger partial charge on any atom is 0.276 e. The van der Waals surface area contributed by atoms with E-state index in [1.54, 1.807) is 0 Å². The largest absolute Gasteiger partial charge is 0.391 e. The van der Waals surface area contributed by atoms with E-state index in [4.69, 9.17) is 5.73 Å². The second kappa shape index (κ2) is 3.69. The maximum atomic E-state index is 11.1. The smallest absolute Gasteiger partial charge is 0.276 e. The van der Waals surface area contributed by atoms with Gasteiger partial charge in [-0.05, 0) is 5.41 Å².